The second-order valence-electron chi connectivity index (χ2n) is 5.73. The van der Waals surface area contributed by atoms with Crippen molar-refractivity contribution in [2.45, 2.75) is 56.1 Å². The predicted molar refractivity (Wildman–Crippen MR) is 86.9 cm³/mol. The van der Waals surface area contributed by atoms with Crippen LogP contribution in [0.15, 0.2) is 0 Å². The number of rotatable bonds is 5. The van der Waals surface area contributed by atoms with Gasteiger partial charge >= 0.3 is 0 Å². The maximum absolute atomic E-state index is 4.73. The highest BCUT2D eigenvalue weighted by Gasteiger charge is 2.20. The van der Waals surface area contributed by atoms with Gasteiger partial charge in [0.25, 0.3) is 0 Å². The lowest BCUT2D eigenvalue weighted by Crippen LogP contribution is -2.12. The van der Waals surface area contributed by atoms with Crippen molar-refractivity contribution in [2.75, 3.05) is 11.9 Å². The summed E-state index contributed by atoms with van der Waals surface area (Å²) in [6, 6.07) is 0. The number of fused-ring (bicyclic) bond motifs is 1. The van der Waals surface area contributed by atoms with Crippen molar-refractivity contribution in [3.05, 3.63) is 17.1 Å². The van der Waals surface area contributed by atoms with Gasteiger partial charge in [-0.25, -0.2) is 9.97 Å². The molecule has 1 aromatic rings. The smallest absolute Gasteiger partial charge is 0.140 e. The standard InChI is InChI=1S/C14H23N3S2/c1-5-6-15-13-10-7-18-8-11(10)16-12(17-13)9-19-14(2,3)4/h5-9H2,1-4H3,(H,15,16,17). The van der Waals surface area contributed by atoms with Crippen molar-refractivity contribution in [1.29, 1.82) is 0 Å². The molecule has 106 valence electrons. The van der Waals surface area contributed by atoms with Crippen LogP contribution in [0.4, 0.5) is 5.82 Å². The molecule has 1 aromatic heterocycles. The minimum Gasteiger partial charge on any atom is -0.370 e. The van der Waals surface area contributed by atoms with E-state index in [0.29, 0.717) is 0 Å². The quantitative estimate of drug-likeness (QED) is 0.886. The van der Waals surface area contributed by atoms with Crippen LogP contribution in [-0.4, -0.2) is 21.3 Å². The van der Waals surface area contributed by atoms with Crippen LogP contribution >= 0.6 is 23.5 Å². The van der Waals surface area contributed by atoms with Crippen LogP contribution in [0.2, 0.25) is 0 Å². The van der Waals surface area contributed by atoms with Crippen LogP contribution in [0, 0.1) is 0 Å². The third kappa shape index (κ3) is 4.28. The molecule has 0 amide bonds. The van der Waals surface area contributed by atoms with Gasteiger partial charge in [0.05, 0.1) is 11.4 Å². The van der Waals surface area contributed by atoms with Gasteiger partial charge in [-0.3, -0.25) is 0 Å². The Morgan fingerprint density at radius 1 is 1.26 bits per heavy atom. The zero-order chi connectivity index (χ0) is 13.9. The highest BCUT2D eigenvalue weighted by Crippen LogP contribution is 2.34. The Morgan fingerprint density at radius 3 is 2.74 bits per heavy atom. The summed E-state index contributed by atoms with van der Waals surface area (Å²) in [6.45, 7) is 9.87. The van der Waals surface area contributed by atoms with Gasteiger partial charge in [0.15, 0.2) is 0 Å². The fraction of sp³-hybridized carbons (Fsp3) is 0.714. The molecule has 1 N–H and O–H groups in total. The summed E-state index contributed by atoms with van der Waals surface area (Å²) in [5.74, 6) is 5.02. The Morgan fingerprint density at radius 2 is 2.05 bits per heavy atom. The van der Waals surface area contributed by atoms with Gasteiger partial charge < -0.3 is 5.32 Å². The number of thioether (sulfide) groups is 2. The first-order valence-electron chi connectivity index (χ1n) is 6.84. The van der Waals surface area contributed by atoms with Crippen LogP contribution in [0.25, 0.3) is 0 Å². The molecule has 5 heteroatoms. The van der Waals surface area contributed by atoms with E-state index >= 15 is 0 Å². The normalized spacial score (nSPS) is 14.5. The van der Waals surface area contributed by atoms with Crippen molar-refractivity contribution < 1.29 is 0 Å². The van der Waals surface area contributed by atoms with Crippen LogP contribution in [0.5, 0.6) is 0 Å². The van der Waals surface area contributed by atoms with Gasteiger partial charge in [-0.05, 0) is 6.42 Å². The predicted octanol–water partition coefficient (Wildman–Crippen LogP) is 4.08. The highest BCUT2D eigenvalue weighted by atomic mass is 32.2. The Labute approximate surface area is 124 Å². The molecular formula is C14H23N3S2. The van der Waals surface area contributed by atoms with Gasteiger partial charge in [0, 0.05) is 28.4 Å². The molecule has 0 fully saturated rings. The fourth-order valence-electron chi connectivity index (χ4n) is 1.84. The fourth-order valence-corrected chi connectivity index (χ4v) is 3.57. The number of hydrogen-bond donors (Lipinski definition) is 1. The largest absolute Gasteiger partial charge is 0.370 e. The lowest BCUT2D eigenvalue weighted by atomic mass is 10.2. The maximum Gasteiger partial charge on any atom is 0.140 e. The average Bonchev–Trinajstić information content (AvgIpc) is 2.80. The Balaban J connectivity index is 2.16. The van der Waals surface area contributed by atoms with E-state index in [1.54, 1.807) is 0 Å². The van der Waals surface area contributed by atoms with Crippen molar-refractivity contribution >= 4 is 29.3 Å². The summed E-state index contributed by atoms with van der Waals surface area (Å²) in [5.41, 5.74) is 2.56. The summed E-state index contributed by atoms with van der Waals surface area (Å²) in [7, 11) is 0. The van der Waals surface area contributed by atoms with Crippen molar-refractivity contribution in [2.24, 2.45) is 0 Å². The first kappa shape index (κ1) is 15.0. The summed E-state index contributed by atoms with van der Waals surface area (Å²) in [4.78, 5) is 9.46. The van der Waals surface area contributed by atoms with Crippen LogP contribution < -0.4 is 5.32 Å². The van der Waals surface area contributed by atoms with Gasteiger partial charge in [0.2, 0.25) is 0 Å². The van der Waals surface area contributed by atoms with E-state index in [0.717, 1.165) is 41.9 Å². The summed E-state index contributed by atoms with van der Waals surface area (Å²) < 4.78 is 0.258. The number of nitrogens with zero attached hydrogens (tertiary/aromatic N) is 2. The molecule has 3 nitrogen and oxygen atoms in total. The Bertz CT molecular complexity index is 441. The van der Waals surface area contributed by atoms with Crippen molar-refractivity contribution in [1.82, 2.24) is 9.97 Å². The van der Waals surface area contributed by atoms with Gasteiger partial charge in [-0.2, -0.15) is 11.8 Å². The molecule has 0 atom stereocenters. The highest BCUT2D eigenvalue weighted by molar-refractivity contribution is 7.99. The lowest BCUT2D eigenvalue weighted by molar-refractivity contribution is 0.799. The Hall–Kier alpha value is -0.420. The first-order chi connectivity index (χ1) is 8.99. The molecule has 2 heterocycles. The van der Waals surface area contributed by atoms with Gasteiger partial charge in [0.1, 0.15) is 11.6 Å². The summed E-state index contributed by atoms with van der Waals surface area (Å²) in [5, 5.41) is 3.46. The van der Waals surface area contributed by atoms with Gasteiger partial charge in [-0.1, -0.05) is 27.7 Å². The van der Waals surface area contributed by atoms with Crippen molar-refractivity contribution in [3.63, 3.8) is 0 Å². The molecule has 1 aliphatic rings. The topological polar surface area (TPSA) is 37.8 Å². The van der Waals surface area contributed by atoms with E-state index in [4.69, 9.17) is 9.97 Å². The summed E-state index contributed by atoms with van der Waals surface area (Å²) >= 11 is 3.84. The number of nitrogens with one attached hydrogen (secondary N) is 1. The van der Waals surface area contributed by atoms with Crippen LogP contribution in [-0.2, 0) is 17.3 Å². The zero-order valence-corrected chi connectivity index (χ0v) is 13.9. The Kier molecular flexibility index (Phi) is 5.01. The zero-order valence-electron chi connectivity index (χ0n) is 12.2. The molecule has 0 saturated carbocycles. The SMILES string of the molecule is CCCNc1nc(CSC(C)(C)C)nc2c1CSC2. The molecule has 2 rings (SSSR count). The third-order valence-corrected chi connectivity index (χ3v) is 5.04. The van der Waals surface area contributed by atoms with E-state index in [-0.39, 0.29) is 4.75 Å². The average molecular weight is 297 g/mol. The molecule has 0 saturated heterocycles. The minimum absolute atomic E-state index is 0.258. The van der Waals surface area contributed by atoms with E-state index in [1.807, 2.05) is 23.5 Å². The molecule has 0 bridgehead atoms. The number of aromatic nitrogens is 2. The molecule has 0 unspecified atom stereocenters. The molecule has 19 heavy (non-hydrogen) atoms. The minimum atomic E-state index is 0.258. The van der Waals surface area contributed by atoms with Crippen LogP contribution in [0.1, 0.15) is 51.2 Å². The second kappa shape index (κ2) is 6.35. The first-order valence-corrected chi connectivity index (χ1v) is 8.98. The molecule has 0 radical (unpaired) electrons. The molecule has 0 spiro atoms. The van der Waals surface area contributed by atoms with E-state index < -0.39 is 0 Å². The molecule has 1 aliphatic heterocycles. The second-order valence-corrected chi connectivity index (χ2v) is 8.52. The van der Waals surface area contributed by atoms with E-state index in [1.165, 1.54) is 11.3 Å². The van der Waals surface area contributed by atoms with E-state index in [2.05, 4.69) is 33.0 Å². The van der Waals surface area contributed by atoms with Crippen LogP contribution in [0.3, 0.4) is 0 Å². The lowest BCUT2D eigenvalue weighted by Gasteiger charge is -2.17. The number of hydrogen-bond acceptors (Lipinski definition) is 5. The van der Waals surface area contributed by atoms with E-state index in [9.17, 15) is 0 Å². The monoisotopic (exact) mass is 297 g/mol. The number of anilines is 1. The third-order valence-electron chi connectivity index (χ3n) is 2.80. The molecule has 0 aliphatic carbocycles. The summed E-state index contributed by atoms with van der Waals surface area (Å²) in [6.07, 6.45) is 1.12. The van der Waals surface area contributed by atoms with Gasteiger partial charge in [-0.15, -0.1) is 11.8 Å². The maximum atomic E-state index is 4.73. The molecule has 0 aromatic carbocycles. The molecular weight excluding hydrogens is 274 g/mol. The van der Waals surface area contributed by atoms with Crippen molar-refractivity contribution in [3.8, 4) is 0 Å².